The van der Waals surface area contributed by atoms with Crippen LogP contribution < -0.4 is 28.4 Å². The monoisotopic (exact) mass is 1940 g/mol. The van der Waals surface area contributed by atoms with Crippen LogP contribution in [0.5, 0.6) is 34.9 Å². The molecule has 3 radical (unpaired) electrons. The zero-order chi connectivity index (χ0) is 92.6. The molecule has 30 nitrogen and oxygen atoms in total. The molecule has 0 N–H and O–H groups in total. The second-order valence-electron chi connectivity index (χ2n) is 40.2. The number of aryl methyl sites for hydroxylation is 3. The molecule has 15 rings (SSSR count). The molecule has 3 amide bonds. The number of aromatic nitrogens is 6. The fraction of sp³-hybridized carbons (Fsp3) is 0.667. The van der Waals surface area contributed by atoms with Crippen LogP contribution in [0.4, 0.5) is 0 Å². The Hall–Kier alpha value is -8.06. The van der Waals surface area contributed by atoms with Gasteiger partial charge in [-0.15, -0.1) is 0 Å². The van der Waals surface area contributed by atoms with Crippen molar-refractivity contribution in [3.63, 3.8) is 0 Å². The van der Waals surface area contributed by atoms with Gasteiger partial charge in [0.25, 0.3) is 0 Å². The third-order valence-electron chi connectivity index (χ3n) is 28.3. The van der Waals surface area contributed by atoms with Gasteiger partial charge >= 0.3 is 17.9 Å². The van der Waals surface area contributed by atoms with Crippen LogP contribution in [0.2, 0.25) is 0 Å². The first-order chi connectivity index (χ1) is 61.6. The van der Waals surface area contributed by atoms with E-state index in [1.54, 1.807) is 27.4 Å². The minimum Gasteiger partial charge on any atom is -0.540 e. The van der Waals surface area contributed by atoms with Crippen LogP contribution in [-0.2, 0) is 147 Å². The van der Waals surface area contributed by atoms with Crippen molar-refractivity contribution in [1.82, 2.24) is 44.6 Å². The normalized spacial score (nSPS) is 29.5. The van der Waals surface area contributed by atoms with Gasteiger partial charge in [0.05, 0.1) is 129 Å². The van der Waals surface area contributed by atoms with Gasteiger partial charge in [-0.2, -0.15) is 0 Å². The number of nitrogens with zero attached hydrogens (tertiary/aromatic N) is 9. The van der Waals surface area contributed by atoms with Crippen LogP contribution in [0, 0.1) is 51.8 Å². The molecule has 6 bridgehead atoms. The number of rotatable bonds is 9. The molecule has 9 heterocycles. The first-order valence-corrected chi connectivity index (χ1v) is 46.4. The van der Waals surface area contributed by atoms with Gasteiger partial charge in [0, 0.05) is 101 Å². The topological polar surface area (TPSA) is 351 Å². The van der Waals surface area contributed by atoms with Crippen molar-refractivity contribution in [2.45, 2.75) is 309 Å². The molecule has 0 spiro atoms. The summed E-state index contributed by atoms with van der Waals surface area (Å²) >= 11 is 0. The molecule has 9 aliphatic rings. The van der Waals surface area contributed by atoms with Gasteiger partial charge in [-0.25, -0.2) is 48.8 Å². The zero-order valence-electron chi connectivity index (χ0n) is 79.7. The van der Waals surface area contributed by atoms with E-state index in [1.807, 2.05) is 144 Å². The van der Waals surface area contributed by atoms with Crippen molar-refractivity contribution in [3.05, 3.63) is 71.7 Å². The molecule has 717 valence electrons. The van der Waals surface area contributed by atoms with E-state index in [-0.39, 0.29) is 142 Å². The van der Waals surface area contributed by atoms with Gasteiger partial charge in [0.15, 0.2) is 0 Å². The van der Waals surface area contributed by atoms with Crippen molar-refractivity contribution < 1.29 is 156 Å². The predicted molar refractivity (Wildman–Crippen MR) is 478 cm³/mol. The summed E-state index contributed by atoms with van der Waals surface area (Å²) in [5, 5.41) is 0. The molecule has 33 heteroatoms. The fourth-order valence-corrected chi connectivity index (χ4v) is 20.4. The molecule has 6 fully saturated rings. The van der Waals surface area contributed by atoms with Crippen molar-refractivity contribution in [2.75, 3.05) is 62.3 Å². The van der Waals surface area contributed by atoms with Crippen LogP contribution in [-0.4, -0.2) is 233 Å². The van der Waals surface area contributed by atoms with Gasteiger partial charge < -0.3 is 85.9 Å². The average molecular weight is 1940 g/mol. The van der Waals surface area contributed by atoms with E-state index in [9.17, 15) is 43.2 Å². The third-order valence-corrected chi connectivity index (χ3v) is 28.3. The molecular weight excluding hydrogens is 1800 g/mol. The Bertz CT molecular complexity index is 5030. The zero-order valence-corrected chi connectivity index (χ0v) is 83.9. The van der Waals surface area contributed by atoms with Gasteiger partial charge in [-0.05, 0) is 199 Å². The maximum absolute atomic E-state index is 14.2. The number of ether oxygens (including phenoxy) is 12. The number of hydrogen-bond acceptors (Lipinski definition) is 27. The van der Waals surface area contributed by atoms with Gasteiger partial charge in [-0.3, -0.25) is 28.8 Å². The number of hydrogen-bond donors (Lipinski definition) is 0. The first kappa shape index (κ1) is 106. The first-order valence-electron chi connectivity index (χ1n) is 46.4. The second kappa shape index (κ2) is 45.7. The van der Waals surface area contributed by atoms with E-state index >= 15 is 0 Å². The van der Waals surface area contributed by atoms with E-state index in [1.165, 1.54) is 36.0 Å². The minimum absolute atomic E-state index is 0. The number of fused-ring (bicyclic) bond motifs is 15. The molecule has 3 aromatic heterocycles. The van der Waals surface area contributed by atoms with E-state index in [0.29, 0.717) is 82.5 Å². The van der Waals surface area contributed by atoms with Crippen molar-refractivity contribution in [1.29, 1.82) is 0 Å². The summed E-state index contributed by atoms with van der Waals surface area (Å²) in [6.45, 7) is 21.6. The Morgan fingerprint density at radius 1 is 0.371 bits per heavy atom. The number of carbonyl (C=O) groups excluding carboxylic acids is 9. The standard InChI is InChI=1S/C34H46N3O7.C33H44N3O7.C32H42N3O7.3V/c1-33(2,3)23-18-29(39)44-34(4)16-10-12-21(34)11-8-7-9-13-25-31(36-26-17-22(41-5)14-15-24(26)35-25)43-28-19-37(32(23)40)27(20-38)30(28)42-6;1-33(2,3)22-17-29(38)42-27-13-9-11-20(27)10-7-6-8-12-24-31(35-25-16-21(40-4)14-15-23(25)34-24)43-28-18-36(32(22)39)26(19-37)30(28)41-5;1-31(2,3)21-15-27(37)42-32(4)16-19(32)10-8-7-9-11-23-29(34-24-14-20(39-5)12-13-22(24)33-23)41-26-17-35(30(21)38)25(18-36)28(26)40-6;;;/h14-15,17,21,23,27-28,30H,7-13,16,18-19H2,1-6H3;14-16,20,22,26-28,30H,6-13,17-18H2,1-5H3;12-14,19,21,25-26,28H,7-11,15-17H2,1-6H3;;;/q3*-1;;;/t21-,23-,27-,28+,30+,34-;20-,22-,26-,27-,28+,30+;19-,21-,25-,26+,28+,32-;;;/m111.../s1. The summed E-state index contributed by atoms with van der Waals surface area (Å²) in [5.41, 5.74) is 3.51. The molecule has 3 aliphatic carbocycles. The Labute approximate surface area is 811 Å². The second-order valence-corrected chi connectivity index (χ2v) is 40.2. The smallest absolute Gasteiger partial charge is 0.307 e. The Balaban J connectivity index is 0.000000203. The van der Waals surface area contributed by atoms with E-state index in [0.717, 1.165) is 156 Å². The van der Waals surface area contributed by atoms with E-state index in [4.69, 9.17) is 86.7 Å². The van der Waals surface area contributed by atoms with Crippen LogP contribution in [0.15, 0.2) is 54.6 Å². The molecule has 6 aromatic rings. The van der Waals surface area contributed by atoms with E-state index in [2.05, 4.69) is 0 Å². The van der Waals surface area contributed by atoms with Crippen LogP contribution >= 0.6 is 0 Å². The Kier molecular flexibility index (Phi) is 36.7. The molecule has 132 heavy (non-hydrogen) atoms. The summed E-state index contributed by atoms with van der Waals surface area (Å²) in [5.74, 6) is -0.247. The largest absolute Gasteiger partial charge is 0.540 e. The van der Waals surface area contributed by atoms with Gasteiger partial charge in [0.1, 0.15) is 69.9 Å². The molecule has 3 saturated carbocycles. The van der Waals surface area contributed by atoms with Crippen molar-refractivity contribution >= 4 is 87.6 Å². The summed E-state index contributed by atoms with van der Waals surface area (Å²) in [4.78, 5) is 153. The number of methoxy groups -OCH3 is 6. The van der Waals surface area contributed by atoms with E-state index < -0.39 is 100.0 Å². The molecule has 0 unspecified atom stereocenters. The van der Waals surface area contributed by atoms with Crippen LogP contribution in [0.1, 0.15) is 235 Å². The summed E-state index contributed by atoms with van der Waals surface area (Å²) in [6.07, 6.45) is 21.5. The molecule has 3 aromatic carbocycles. The number of amides is 3. The maximum atomic E-state index is 14.2. The number of esters is 3. The Morgan fingerprint density at radius 2 is 0.705 bits per heavy atom. The minimum atomic E-state index is -1.01. The number of carbonyl (C=O) groups is 6. The van der Waals surface area contributed by atoms with Crippen molar-refractivity contribution in [2.24, 2.45) is 51.8 Å². The molecule has 3 saturated heterocycles. The summed E-state index contributed by atoms with van der Waals surface area (Å²) in [6, 6.07) is 13.6. The quantitative estimate of drug-likeness (QED) is 0.0737. The number of benzene rings is 3. The summed E-state index contributed by atoms with van der Waals surface area (Å²) < 4.78 is 71.0. The SMILES string of the molecule is COc1ccc2nc3c(nc2c1)O[C@H]1CN(C(=O)[C@H](C(C)(C)C)CC(=O)O[C@@H]2CCC[C@H]2CCCCC3)[C@H]([C-]=O)[C@@H]1OC.COc1ccc2nc3c(nc2c1)O[C@H]1CN(C(=O)[C@H](C(C)(C)C)CC(=O)O[C@]2(C)CCC[C@H]2CCCCC3)[C@H]([C-]=O)[C@@H]1OC.COc1ccc2nc3c(nc2c1)O[C@H]1CN(C(=O)[C@H](C(C)(C)C)CC(=O)O[C@]2(C)C[C@H]2CCCCC3)[C@H]([C-]=O)[C@@H]1OC.[V].[V].[V]. The molecule has 6 aliphatic heterocycles. The fourth-order valence-electron chi connectivity index (χ4n) is 20.4. The molecular formula is C99H132N9O21V3-3. The Morgan fingerprint density at radius 3 is 1.05 bits per heavy atom. The van der Waals surface area contributed by atoms with Crippen LogP contribution in [0.3, 0.4) is 0 Å². The maximum Gasteiger partial charge on any atom is 0.307 e. The van der Waals surface area contributed by atoms with Gasteiger partial charge in [-0.1, -0.05) is 101 Å². The predicted octanol–water partition coefficient (Wildman–Crippen LogP) is 13.8. The molecule has 18 atom stereocenters. The third kappa shape index (κ3) is 24.7. The average Bonchev–Trinajstić information content (AvgIpc) is 1.63. The van der Waals surface area contributed by atoms with Gasteiger partial charge in [0.2, 0.25) is 35.4 Å². The van der Waals surface area contributed by atoms with Crippen molar-refractivity contribution in [3.8, 4) is 34.9 Å². The summed E-state index contributed by atoms with van der Waals surface area (Å²) in [7, 11) is 9.26. The van der Waals surface area contributed by atoms with Crippen LogP contribution in [0.25, 0.3) is 33.1 Å².